The smallest absolute Gasteiger partial charge is 0.265 e. The van der Waals surface area contributed by atoms with Crippen molar-refractivity contribution in [2.45, 2.75) is 24.8 Å². The lowest BCUT2D eigenvalue weighted by molar-refractivity contribution is -0.114. The number of nitrogens with zero attached hydrogens (tertiary/aromatic N) is 1. The third-order valence-electron chi connectivity index (χ3n) is 3.47. The maximum Gasteiger partial charge on any atom is 0.265 e. The zero-order valence-corrected chi connectivity index (χ0v) is 17.1. The molecule has 0 aliphatic heterocycles. The van der Waals surface area contributed by atoms with Gasteiger partial charge in [-0.05, 0) is 61.0 Å². The Morgan fingerprint density at radius 3 is 2.27 bits per heavy atom. The van der Waals surface area contributed by atoms with Crippen molar-refractivity contribution in [2.24, 2.45) is 0 Å². The van der Waals surface area contributed by atoms with Crippen LogP contribution in [0.15, 0.2) is 57.9 Å². The van der Waals surface area contributed by atoms with Crippen molar-refractivity contribution in [3.8, 4) is 0 Å². The molecule has 0 saturated heterocycles. The van der Waals surface area contributed by atoms with Crippen LogP contribution in [0.5, 0.6) is 0 Å². The van der Waals surface area contributed by atoms with E-state index in [0.717, 1.165) is 4.31 Å². The minimum absolute atomic E-state index is 0.0312. The Bertz CT molecular complexity index is 932. The monoisotopic (exact) mass is 458 g/mol. The minimum atomic E-state index is -4.07. The largest absolute Gasteiger partial charge is 0.326 e. The first-order valence-electron chi connectivity index (χ1n) is 7.50. The number of carbonyl (C=O) groups excluding carboxylic acids is 2. The quantitative estimate of drug-likeness (QED) is 0.667. The fourth-order valence-corrected chi connectivity index (χ4v) is 4.46. The number of amides is 1. The molecule has 0 aromatic heterocycles. The molecule has 1 N–H and O–H groups in total. The lowest BCUT2D eigenvalue weighted by Gasteiger charge is -2.28. The van der Waals surface area contributed by atoms with E-state index in [1.165, 1.54) is 38.1 Å². The van der Waals surface area contributed by atoms with E-state index in [9.17, 15) is 18.0 Å². The van der Waals surface area contributed by atoms with Gasteiger partial charge < -0.3 is 5.32 Å². The summed E-state index contributed by atoms with van der Waals surface area (Å²) in [6.07, 6.45) is 0. The van der Waals surface area contributed by atoms with Gasteiger partial charge in [0.2, 0.25) is 11.1 Å². The number of sulfonamides is 1. The van der Waals surface area contributed by atoms with Gasteiger partial charge in [0, 0.05) is 17.1 Å². The molecule has 26 heavy (non-hydrogen) atoms. The van der Waals surface area contributed by atoms with Gasteiger partial charge >= 0.3 is 0 Å². The van der Waals surface area contributed by atoms with Crippen LogP contribution in [0.2, 0.25) is 0 Å². The number of benzene rings is 2. The van der Waals surface area contributed by atoms with Crippen molar-refractivity contribution in [3.63, 3.8) is 0 Å². The molecule has 0 fully saturated rings. The van der Waals surface area contributed by atoms with Gasteiger partial charge in [-0.15, -0.1) is 0 Å². The fourth-order valence-electron chi connectivity index (χ4n) is 2.30. The molecule has 9 heteroatoms. The van der Waals surface area contributed by atoms with Gasteiger partial charge in [0.1, 0.15) is 6.04 Å². The van der Waals surface area contributed by atoms with Crippen LogP contribution in [0.1, 0.15) is 13.8 Å². The molecule has 138 valence electrons. The van der Waals surface area contributed by atoms with Crippen LogP contribution >= 0.6 is 27.5 Å². The molecule has 2 aromatic carbocycles. The molecule has 0 aliphatic carbocycles. The average Bonchev–Trinajstić information content (AvgIpc) is 2.54. The van der Waals surface area contributed by atoms with E-state index in [1.54, 1.807) is 24.3 Å². The van der Waals surface area contributed by atoms with Crippen LogP contribution in [-0.2, 0) is 19.6 Å². The molecule has 0 spiro atoms. The van der Waals surface area contributed by atoms with Gasteiger partial charge in [0.05, 0.1) is 10.6 Å². The van der Waals surface area contributed by atoms with Crippen molar-refractivity contribution in [1.82, 2.24) is 0 Å². The second-order valence-corrected chi connectivity index (χ2v) is 8.57. The SMILES string of the molecule is CC(=O)Nc1ccc(S(=O)(=O)N(c2cccc(Br)c2)C(C)C(=O)Cl)cc1. The van der Waals surface area contributed by atoms with Gasteiger partial charge in [0.25, 0.3) is 10.0 Å². The summed E-state index contributed by atoms with van der Waals surface area (Å²) in [7, 11) is -4.07. The van der Waals surface area contributed by atoms with Gasteiger partial charge in [-0.2, -0.15) is 0 Å². The molecule has 0 aliphatic rings. The molecule has 2 rings (SSSR count). The number of hydrogen-bond donors (Lipinski definition) is 1. The van der Waals surface area contributed by atoms with Gasteiger partial charge in [-0.25, -0.2) is 8.42 Å². The Balaban J connectivity index is 2.52. The first kappa shape index (κ1) is 20.4. The van der Waals surface area contributed by atoms with Crippen molar-refractivity contribution in [1.29, 1.82) is 0 Å². The molecule has 2 aromatic rings. The topological polar surface area (TPSA) is 83.6 Å². The molecule has 0 radical (unpaired) electrons. The van der Waals surface area contributed by atoms with E-state index < -0.39 is 21.3 Å². The Kier molecular flexibility index (Phi) is 6.44. The van der Waals surface area contributed by atoms with E-state index in [0.29, 0.717) is 15.8 Å². The van der Waals surface area contributed by atoms with E-state index in [-0.39, 0.29) is 10.8 Å². The highest BCUT2D eigenvalue weighted by molar-refractivity contribution is 9.10. The second-order valence-electron chi connectivity index (χ2n) is 5.47. The van der Waals surface area contributed by atoms with Crippen LogP contribution < -0.4 is 9.62 Å². The highest BCUT2D eigenvalue weighted by Gasteiger charge is 2.32. The lowest BCUT2D eigenvalue weighted by atomic mass is 10.3. The van der Waals surface area contributed by atoms with E-state index in [2.05, 4.69) is 21.2 Å². The average molecular weight is 460 g/mol. The molecule has 1 unspecified atom stereocenters. The van der Waals surface area contributed by atoms with Crippen LogP contribution in [-0.4, -0.2) is 25.6 Å². The number of nitrogens with one attached hydrogen (secondary N) is 1. The summed E-state index contributed by atoms with van der Waals surface area (Å²) >= 11 is 8.88. The maximum atomic E-state index is 13.1. The van der Waals surface area contributed by atoms with Crippen LogP contribution in [0.25, 0.3) is 0 Å². The van der Waals surface area contributed by atoms with Crippen LogP contribution in [0.3, 0.4) is 0 Å². The zero-order chi connectivity index (χ0) is 19.5. The number of carbonyl (C=O) groups is 2. The second kappa shape index (κ2) is 8.20. The summed E-state index contributed by atoms with van der Waals surface area (Å²) in [5.41, 5.74) is 0.763. The van der Waals surface area contributed by atoms with Crippen molar-refractivity contribution >= 4 is 60.1 Å². The Labute approximate surface area is 165 Å². The highest BCUT2D eigenvalue weighted by Crippen LogP contribution is 2.29. The van der Waals surface area contributed by atoms with E-state index in [4.69, 9.17) is 11.6 Å². The number of hydrogen-bond acceptors (Lipinski definition) is 4. The summed E-state index contributed by atoms with van der Waals surface area (Å²) in [4.78, 5) is 22.8. The van der Waals surface area contributed by atoms with Gasteiger partial charge in [-0.3, -0.25) is 13.9 Å². The molecule has 0 saturated carbocycles. The van der Waals surface area contributed by atoms with Crippen molar-refractivity contribution in [2.75, 3.05) is 9.62 Å². The lowest BCUT2D eigenvalue weighted by Crippen LogP contribution is -2.42. The molecule has 1 atom stereocenters. The van der Waals surface area contributed by atoms with Crippen molar-refractivity contribution < 1.29 is 18.0 Å². The Hall–Kier alpha value is -1.90. The van der Waals surface area contributed by atoms with E-state index in [1.807, 2.05) is 0 Å². The maximum absolute atomic E-state index is 13.1. The third kappa shape index (κ3) is 4.63. The number of rotatable bonds is 6. The molecular weight excluding hydrogens is 444 g/mol. The van der Waals surface area contributed by atoms with E-state index >= 15 is 0 Å². The molecule has 6 nitrogen and oxygen atoms in total. The van der Waals surface area contributed by atoms with Gasteiger partial charge in [-0.1, -0.05) is 22.0 Å². The van der Waals surface area contributed by atoms with Crippen LogP contribution in [0, 0.1) is 0 Å². The van der Waals surface area contributed by atoms with Gasteiger partial charge in [0.15, 0.2) is 0 Å². The standard InChI is InChI=1S/C17H16BrClN2O4S/c1-11(17(19)23)21(15-5-3-4-13(18)10-15)26(24,25)16-8-6-14(7-9-16)20-12(2)22/h3-11H,1-2H3,(H,20,22). The fraction of sp³-hybridized carbons (Fsp3) is 0.176. The first-order chi connectivity index (χ1) is 12.1. The summed E-state index contributed by atoms with van der Waals surface area (Å²) in [5.74, 6) is -0.266. The van der Waals surface area contributed by atoms with Crippen molar-refractivity contribution in [3.05, 3.63) is 53.0 Å². The highest BCUT2D eigenvalue weighted by atomic mass is 79.9. The number of anilines is 2. The first-order valence-corrected chi connectivity index (χ1v) is 10.1. The molecule has 1 amide bonds. The summed E-state index contributed by atoms with van der Waals surface area (Å²) in [5, 5.41) is 1.76. The summed E-state index contributed by atoms with van der Waals surface area (Å²) in [6.45, 7) is 2.77. The molecular formula is C17H16BrClN2O4S. The third-order valence-corrected chi connectivity index (χ3v) is 6.20. The van der Waals surface area contributed by atoms with Crippen LogP contribution in [0.4, 0.5) is 11.4 Å². The predicted molar refractivity (Wildman–Crippen MR) is 105 cm³/mol. The zero-order valence-electron chi connectivity index (χ0n) is 13.9. The Morgan fingerprint density at radius 2 is 1.77 bits per heavy atom. The molecule has 0 heterocycles. The molecule has 0 bridgehead atoms. The summed E-state index contributed by atoms with van der Waals surface area (Å²) in [6, 6.07) is 11.1. The normalized spacial score (nSPS) is 12.3. The number of halogens is 2. The minimum Gasteiger partial charge on any atom is -0.326 e. The Morgan fingerprint density at radius 1 is 1.15 bits per heavy atom. The summed E-state index contributed by atoms with van der Waals surface area (Å²) < 4.78 is 27.9. The predicted octanol–water partition coefficient (Wildman–Crippen LogP) is 3.76.